The third-order valence-corrected chi connectivity index (χ3v) is 11.9. The molecule has 0 aromatic heterocycles. The molecule has 0 spiro atoms. The maximum atomic E-state index is 14.4. The van der Waals surface area contributed by atoms with E-state index in [1.54, 1.807) is 26.0 Å². The van der Waals surface area contributed by atoms with Crippen LogP contribution in [0.15, 0.2) is 23.8 Å². The van der Waals surface area contributed by atoms with Gasteiger partial charge in [-0.2, -0.15) is 0 Å². The van der Waals surface area contributed by atoms with E-state index in [1.165, 1.54) is 6.08 Å². The summed E-state index contributed by atoms with van der Waals surface area (Å²) in [6, 6.07) is 0. The number of allylic oxidation sites excluding steroid dienone is 4. The minimum atomic E-state index is -1.83. The highest BCUT2D eigenvalue weighted by atomic mass is 35.5. The first-order valence-electron chi connectivity index (χ1n) is 16.5. The van der Waals surface area contributed by atoms with Gasteiger partial charge in [0.1, 0.15) is 6.61 Å². The lowest BCUT2D eigenvalue weighted by Crippen LogP contribution is -2.69. The summed E-state index contributed by atoms with van der Waals surface area (Å²) in [6.07, 6.45) is 4.83. The van der Waals surface area contributed by atoms with Gasteiger partial charge in [0, 0.05) is 23.2 Å². The van der Waals surface area contributed by atoms with E-state index in [1.807, 2.05) is 6.92 Å². The van der Waals surface area contributed by atoms with Crippen LogP contribution in [0.2, 0.25) is 0 Å². The largest absolute Gasteiger partial charge is 0.456 e. The number of hydrogen-bond acceptors (Lipinski definition) is 17. The number of fused-ring (bicyclic) bond motifs is 5. The summed E-state index contributed by atoms with van der Waals surface area (Å²) >= 11 is 7.54. The van der Waals surface area contributed by atoms with Gasteiger partial charge in [-0.25, -0.2) is 9.63 Å². The first-order valence-corrected chi connectivity index (χ1v) is 16.9. The second-order valence-corrected chi connectivity index (χ2v) is 14.3. The van der Waals surface area contributed by atoms with E-state index in [2.05, 4.69) is 9.68 Å². The van der Waals surface area contributed by atoms with Gasteiger partial charge in [-0.1, -0.05) is 32.4 Å². The molecule has 0 saturated heterocycles. The Labute approximate surface area is 293 Å². The van der Waals surface area contributed by atoms with Gasteiger partial charge in [-0.15, -0.1) is 11.6 Å². The molecular weight excluding hydrogens is 688 g/mol. The lowest BCUT2D eigenvalue weighted by Gasteiger charge is -2.64. The van der Waals surface area contributed by atoms with Crippen molar-refractivity contribution in [2.75, 3.05) is 46.2 Å². The molecule has 0 amide bonds. The summed E-state index contributed by atoms with van der Waals surface area (Å²) in [7, 11) is 0. The van der Waals surface area contributed by atoms with Crippen LogP contribution in [0.1, 0.15) is 59.3 Å². The molecule has 0 heterocycles. The highest BCUT2D eigenvalue weighted by Crippen LogP contribution is 2.72. The fraction of sp³-hybridized carbons (Fsp3) is 0.750. The van der Waals surface area contributed by atoms with Crippen LogP contribution in [0.4, 0.5) is 0 Å². The zero-order valence-electron chi connectivity index (χ0n) is 28.3. The summed E-state index contributed by atoms with van der Waals surface area (Å²) in [5.74, 6) is -3.70. The molecule has 0 aromatic carbocycles. The zero-order valence-corrected chi connectivity index (χ0v) is 29.1. The zero-order chi connectivity index (χ0) is 36.9. The lowest BCUT2D eigenvalue weighted by molar-refractivity contribution is -0.493. The maximum Gasteiger partial charge on any atom is 0.332 e. The van der Waals surface area contributed by atoms with Crippen molar-refractivity contribution in [3.63, 3.8) is 0 Å². The van der Waals surface area contributed by atoms with E-state index in [9.17, 15) is 24.3 Å². The molecule has 17 nitrogen and oxygen atoms in total. The number of hydrogen-bond donors (Lipinski definition) is 5. The standard InChI is InChI=1S/C32H47ClN2O15/c1-20-15-24-23-7-6-21-16-22(36)8-9-29(21,2)31(23,33)25(37)17-30(24,3)32(20,50-27(39)5-4-10-48-34(41)42)26(38)18-47-28(40)19-46-12-11-45-13-14-49-35(43)44/h8-9,16,20,23-25,37,41-44H,4-7,10-15,17-19H2,1-3H3/t20-,23?,24?,25-,29-,30-,31?,32-/m0/s1. The van der Waals surface area contributed by atoms with Gasteiger partial charge in [0.25, 0.3) is 0 Å². The molecule has 3 fully saturated rings. The van der Waals surface area contributed by atoms with E-state index in [-0.39, 0.29) is 69.9 Å². The summed E-state index contributed by atoms with van der Waals surface area (Å²) in [6.45, 7) is 3.90. The van der Waals surface area contributed by atoms with Gasteiger partial charge in [0.05, 0.1) is 54.8 Å². The second-order valence-electron chi connectivity index (χ2n) is 13.6. The number of aliphatic hydroxyl groups is 1. The summed E-state index contributed by atoms with van der Waals surface area (Å²) in [5.41, 5.74) is -2.99. The molecule has 8 atom stereocenters. The Bertz CT molecular complexity index is 1330. The number of carbonyl (C=O) groups excluding carboxylic acids is 4. The van der Waals surface area contributed by atoms with Crippen LogP contribution >= 0.6 is 11.6 Å². The van der Waals surface area contributed by atoms with E-state index in [0.717, 1.165) is 5.57 Å². The van der Waals surface area contributed by atoms with Crippen molar-refractivity contribution < 1.29 is 73.7 Å². The van der Waals surface area contributed by atoms with Crippen molar-refractivity contribution in [2.24, 2.45) is 28.6 Å². The predicted octanol–water partition coefficient (Wildman–Crippen LogP) is 2.10. The van der Waals surface area contributed by atoms with Crippen molar-refractivity contribution in [3.05, 3.63) is 23.8 Å². The molecule has 4 aliphatic carbocycles. The Hall–Kier alpha value is -2.39. The molecule has 50 heavy (non-hydrogen) atoms. The van der Waals surface area contributed by atoms with Crippen LogP contribution in [0, 0.1) is 28.6 Å². The molecule has 4 aliphatic rings. The number of Topliss-reactive ketones (excluding diaryl/α,β-unsaturated/α-hetero) is 1. The number of ketones is 2. The quantitative estimate of drug-likeness (QED) is 0.0587. The Kier molecular flexibility index (Phi) is 13.3. The molecule has 0 aromatic rings. The van der Waals surface area contributed by atoms with Crippen LogP contribution in [0.5, 0.6) is 0 Å². The third-order valence-electron chi connectivity index (χ3n) is 11.0. The summed E-state index contributed by atoms with van der Waals surface area (Å²) in [5, 5.41) is 45.6. The van der Waals surface area contributed by atoms with Crippen LogP contribution in [-0.2, 0) is 47.8 Å². The molecular formula is C32H47ClN2O15. The molecule has 0 aliphatic heterocycles. The fourth-order valence-corrected chi connectivity index (χ4v) is 9.36. The minimum absolute atomic E-state index is 0.0148. The number of alkyl halides is 1. The van der Waals surface area contributed by atoms with Crippen molar-refractivity contribution in [1.29, 1.82) is 0 Å². The Morgan fingerprint density at radius 1 is 0.940 bits per heavy atom. The van der Waals surface area contributed by atoms with Gasteiger partial charge >= 0.3 is 11.9 Å². The highest BCUT2D eigenvalue weighted by molar-refractivity contribution is 6.26. The Morgan fingerprint density at radius 3 is 2.30 bits per heavy atom. The number of nitrogens with zero attached hydrogens (tertiary/aromatic N) is 2. The third kappa shape index (κ3) is 7.84. The van der Waals surface area contributed by atoms with E-state index in [0.29, 0.717) is 19.3 Å². The average molecular weight is 735 g/mol. The van der Waals surface area contributed by atoms with Crippen LogP contribution in [-0.4, -0.2) is 123 Å². The van der Waals surface area contributed by atoms with E-state index < -0.39 is 75.0 Å². The van der Waals surface area contributed by atoms with Crippen molar-refractivity contribution in [1.82, 2.24) is 10.8 Å². The van der Waals surface area contributed by atoms with E-state index in [4.69, 9.17) is 51.4 Å². The maximum absolute atomic E-state index is 14.4. The SMILES string of the molecule is C[C@H]1CC2C3CCC4=CC(=O)C=C[C@]4(C)C3(Cl)[C@@H](O)C[C@]2(C)[C@@]1(OC(=O)CCCON(O)O)C(=O)COC(=O)COCCOCCON(O)O. The first-order chi connectivity index (χ1) is 23.5. The van der Waals surface area contributed by atoms with Crippen molar-refractivity contribution >= 4 is 35.1 Å². The molecule has 3 saturated carbocycles. The van der Waals surface area contributed by atoms with Gasteiger partial charge in [0.2, 0.25) is 5.78 Å². The normalized spacial score (nSPS) is 34.6. The lowest BCUT2D eigenvalue weighted by atomic mass is 9.45. The first kappa shape index (κ1) is 40.4. The van der Waals surface area contributed by atoms with Gasteiger partial charge in [-0.05, 0) is 56.1 Å². The molecule has 282 valence electrons. The van der Waals surface area contributed by atoms with Gasteiger partial charge in [-0.3, -0.25) is 40.1 Å². The average Bonchev–Trinajstić information content (AvgIpc) is 3.26. The van der Waals surface area contributed by atoms with Crippen LogP contribution in [0.25, 0.3) is 0 Å². The highest BCUT2D eigenvalue weighted by Gasteiger charge is 2.76. The van der Waals surface area contributed by atoms with Crippen LogP contribution in [0.3, 0.4) is 0 Å². The fourth-order valence-electron chi connectivity index (χ4n) is 8.84. The smallest absolute Gasteiger partial charge is 0.332 e. The van der Waals surface area contributed by atoms with Crippen LogP contribution < -0.4 is 0 Å². The molecule has 5 N–H and O–H groups in total. The molecule has 18 heteroatoms. The number of rotatable bonds is 18. The number of aliphatic hydroxyl groups excluding tert-OH is 1. The number of carbonyl (C=O) groups is 4. The molecule has 0 bridgehead atoms. The Morgan fingerprint density at radius 2 is 1.60 bits per heavy atom. The number of halogens is 1. The monoisotopic (exact) mass is 734 g/mol. The van der Waals surface area contributed by atoms with E-state index >= 15 is 0 Å². The summed E-state index contributed by atoms with van der Waals surface area (Å²) in [4.78, 5) is 60.2. The predicted molar refractivity (Wildman–Crippen MR) is 166 cm³/mol. The van der Waals surface area contributed by atoms with Crippen molar-refractivity contribution in [2.45, 2.75) is 75.9 Å². The molecule has 4 rings (SSSR count). The summed E-state index contributed by atoms with van der Waals surface area (Å²) < 4.78 is 21.9. The molecule has 3 unspecified atom stereocenters. The van der Waals surface area contributed by atoms with Gasteiger partial charge < -0.3 is 24.1 Å². The van der Waals surface area contributed by atoms with Gasteiger partial charge in [0.15, 0.2) is 18.0 Å². The number of ether oxygens (including phenoxy) is 4. The molecule has 0 radical (unpaired) electrons. The van der Waals surface area contributed by atoms with Crippen molar-refractivity contribution in [3.8, 4) is 0 Å². The Balaban J connectivity index is 1.52. The minimum Gasteiger partial charge on any atom is -0.456 e. The topological polar surface area (TPSA) is 231 Å². The second kappa shape index (κ2) is 16.5. The number of esters is 2.